The van der Waals surface area contributed by atoms with Crippen LogP contribution >= 0.6 is 7.82 Å². The lowest BCUT2D eigenvalue weighted by Crippen LogP contribution is -2.37. The molecule has 302 valence electrons. The Morgan fingerprint density at radius 1 is 0.615 bits per heavy atom. The summed E-state index contributed by atoms with van der Waals surface area (Å²) in [6, 6.07) is 0. The lowest BCUT2D eigenvalue weighted by Gasteiger charge is -2.28. The minimum atomic E-state index is -4.63. The third-order valence-corrected chi connectivity index (χ3v) is 9.42. The molecule has 0 bridgehead atoms. The fourth-order valence-corrected chi connectivity index (χ4v) is 5.98. The average Bonchev–Trinajstić information content (AvgIpc) is 3.09. The summed E-state index contributed by atoms with van der Waals surface area (Å²) in [6.45, 7) is 4.04. The number of quaternary nitrogens is 1. The van der Waals surface area contributed by atoms with Gasteiger partial charge in [-0.15, -0.1) is 0 Å². The smallest absolute Gasteiger partial charge is 0.306 e. The predicted molar refractivity (Wildman–Crippen MR) is 213 cm³/mol. The SMILES string of the molecule is CC\C=C/C=C\C=C/C=C\CCCCCCCC(=O)O[C@H](COC(=O)CCCCCCCCCCCCCCC)COP(=O)([O-])OCC[N+](C)(C)C. The van der Waals surface area contributed by atoms with Crippen molar-refractivity contribution in [3.63, 3.8) is 0 Å². The Hall–Kier alpha value is -2.03. The van der Waals surface area contributed by atoms with Gasteiger partial charge in [0.05, 0.1) is 27.7 Å². The van der Waals surface area contributed by atoms with E-state index in [-0.39, 0.29) is 26.1 Å². The molecule has 0 spiro atoms. The molecule has 0 radical (unpaired) electrons. The fraction of sp³-hybridized carbons (Fsp3) is 0.762. The van der Waals surface area contributed by atoms with Crippen molar-refractivity contribution in [2.24, 2.45) is 0 Å². The van der Waals surface area contributed by atoms with E-state index in [2.05, 4.69) is 32.1 Å². The maximum absolute atomic E-state index is 12.6. The molecule has 0 aromatic carbocycles. The third kappa shape index (κ3) is 37.7. The second-order valence-electron chi connectivity index (χ2n) is 14.7. The summed E-state index contributed by atoms with van der Waals surface area (Å²) < 4.78 is 33.8. The van der Waals surface area contributed by atoms with Gasteiger partial charge in [0, 0.05) is 12.8 Å². The van der Waals surface area contributed by atoms with Crippen molar-refractivity contribution < 1.29 is 42.1 Å². The fourth-order valence-electron chi connectivity index (χ4n) is 5.25. The number of hydrogen-bond donors (Lipinski definition) is 0. The van der Waals surface area contributed by atoms with E-state index >= 15 is 0 Å². The van der Waals surface area contributed by atoms with Gasteiger partial charge in [0.1, 0.15) is 19.8 Å². The zero-order valence-corrected chi connectivity index (χ0v) is 34.6. The largest absolute Gasteiger partial charge is 0.756 e. The Bertz CT molecular complexity index is 1030. The lowest BCUT2D eigenvalue weighted by molar-refractivity contribution is -0.870. The second kappa shape index (κ2) is 34.7. The van der Waals surface area contributed by atoms with Crippen LogP contribution in [0.3, 0.4) is 0 Å². The third-order valence-electron chi connectivity index (χ3n) is 8.46. The number of ether oxygens (including phenoxy) is 2. The van der Waals surface area contributed by atoms with E-state index in [9.17, 15) is 19.0 Å². The molecular weight excluding hydrogens is 677 g/mol. The Labute approximate surface area is 318 Å². The second-order valence-corrected chi connectivity index (χ2v) is 16.1. The molecule has 0 N–H and O–H groups in total. The van der Waals surface area contributed by atoms with Crippen molar-refractivity contribution in [2.75, 3.05) is 47.5 Å². The molecule has 10 heteroatoms. The van der Waals surface area contributed by atoms with Crippen LogP contribution in [0.25, 0.3) is 0 Å². The van der Waals surface area contributed by atoms with Crippen molar-refractivity contribution in [3.8, 4) is 0 Å². The molecule has 0 fully saturated rings. The predicted octanol–water partition coefficient (Wildman–Crippen LogP) is 10.5. The first kappa shape index (κ1) is 50.0. The molecule has 9 nitrogen and oxygen atoms in total. The molecule has 0 aromatic heterocycles. The topological polar surface area (TPSA) is 111 Å². The van der Waals surface area contributed by atoms with Crippen molar-refractivity contribution >= 4 is 19.8 Å². The van der Waals surface area contributed by atoms with Gasteiger partial charge in [0.25, 0.3) is 7.82 Å². The van der Waals surface area contributed by atoms with Crippen LogP contribution in [0.1, 0.15) is 155 Å². The monoisotopic (exact) mass is 754 g/mol. The number of likely N-dealkylation sites (N-methyl/N-ethyl adjacent to an activating group) is 1. The van der Waals surface area contributed by atoms with Gasteiger partial charge in [-0.05, 0) is 32.1 Å². The van der Waals surface area contributed by atoms with E-state index in [1.807, 2.05) is 51.5 Å². The molecular formula is C42H76NO8P. The number of unbranched alkanes of at least 4 members (excludes halogenated alkanes) is 17. The van der Waals surface area contributed by atoms with Crippen LogP contribution in [0.2, 0.25) is 0 Å². The Morgan fingerprint density at radius 3 is 1.63 bits per heavy atom. The number of rotatable bonds is 36. The van der Waals surface area contributed by atoms with E-state index in [0.29, 0.717) is 17.4 Å². The van der Waals surface area contributed by atoms with Gasteiger partial charge in [-0.1, -0.05) is 159 Å². The van der Waals surface area contributed by atoms with Gasteiger partial charge in [-0.2, -0.15) is 0 Å². The summed E-state index contributed by atoms with van der Waals surface area (Å²) >= 11 is 0. The van der Waals surface area contributed by atoms with Crippen LogP contribution in [0.15, 0.2) is 48.6 Å². The van der Waals surface area contributed by atoms with Crippen LogP contribution in [0.4, 0.5) is 0 Å². The normalized spacial score (nSPS) is 14.2. The quantitative estimate of drug-likeness (QED) is 0.0204. The highest BCUT2D eigenvalue weighted by atomic mass is 31.2. The summed E-state index contributed by atoms with van der Waals surface area (Å²) in [7, 11) is 1.14. The number of hydrogen-bond acceptors (Lipinski definition) is 8. The highest BCUT2D eigenvalue weighted by Gasteiger charge is 2.21. The molecule has 0 aliphatic carbocycles. The zero-order valence-electron chi connectivity index (χ0n) is 33.7. The number of carbonyl (C=O) groups is 2. The van der Waals surface area contributed by atoms with Gasteiger partial charge < -0.3 is 27.9 Å². The highest BCUT2D eigenvalue weighted by molar-refractivity contribution is 7.45. The number of carbonyl (C=O) groups excluding carboxylic acids is 2. The maximum Gasteiger partial charge on any atom is 0.306 e. The summed E-state index contributed by atoms with van der Waals surface area (Å²) in [5.74, 6) is -0.863. The van der Waals surface area contributed by atoms with Crippen molar-refractivity contribution in [3.05, 3.63) is 48.6 Å². The molecule has 1 unspecified atom stereocenters. The number of nitrogens with zero attached hydrogens (tertiary/aromatic N) is 1. The van der Waals surface area contributed by atoms with Crippen LogP contribution in [0.5, 0.6) is 0 Å². The van der Waals surface area contributed by atoms with Crippen LogP contribution in [0, 0.1) is 0 Å². The van der Waals surface area contributed by atoms with Crippen LogP contribution in [-0.2, 0) is 32.7 Å². The van der Waals surface area contributed by atoms with Gasteiger partial charge in [0.2, 0.25) is 0 Å². The van der Waals surface area contributed by atoms with Crippen molar-refractivity contribution in [2.45, 2.75) is 161 Å². The zero-order chi connectivity index (χ0) is 38.6. The van der Waals surface area contributed by atoms with E-state index in [1.165, 1.54) is 64.2 Å². The van der Waals surface area contributed by atoms with E-state index in [0.717, 1.165) is 57.8 Å². The Morgan fingerprint density at radius 2 is 1.10 bits per heavy atom. The molecule has 0 saturated carbocycles. The molecule has 0 amide bonds. The standard InChI is InChI=1S/C42H76NO8P/c1-6-8-10-12-14-16-18-20-21-23-25-27-29-31-33-35-42(45)51-40(39-50-52(46,47)49-37-36-43(3,4)5)38-48-41(44)34-32-30-28-26-24-22-19-17-15-13-11-9-7-2/h8,10,12,14,16,18,20-21,40H,6-7,9,11,13,15,17,19,22-39H2,1-5H3/b10-8-,14-12-,18-16-,21-20-/t40-/m1/s1. The lowest BCUT2D eigenvalue weighted by atomic mass is 10.0. The van der Waals surface area contributed by atoms with Crippen molar-refractivity contribution in [1.29, 1.82) is 0 Å². The first-order valence-corrected chi connectivity index (χ1v) is 21.9. The van der Waals surface area contributed by atoms with E-state index in [1.54, 1.807) is 0 Å². The summed E-state index contributed by atoms with van der Waals surface area (Å²) in [5, 5.41) is 0. The maximum atomic E-state index is 12.6. The number of phosphoric ester groups is 1. The van der Waals surface area contributed by atoms with Crippen LogP contribution < -0.4 is 4.89 Å². The van der Waals surface area contributed by atoms with E-state index in [4.69, 9.17) is 18.5 Å². The minimum Gasteiger partial charge on any atom is -0.756 e. The molecule has 0 aliphatic heterocycles. The summed E-state index contributed by atoms with van der Waals surface area (Å²) in [5.41, 5.74) is 0. The molecule has 0 rings (SSSR count). The minimum absolute atomic E-state index is 0.0367. The summed E-state index contributed by atoms with van der Waals surface area (Å²) in [4.78, 5) is 37.4. The molecule has 0 saturated heterocycles. The molecule has 2 atom stereocenters. The Balaban J connectivity index is 4.45. The average molecular weight is 754 g/mol. The van der Waals surface area contributed by atoms with Gasteiger partial charge in [-0.3, -0.25) is 14.2 Å². The van der Waals surface area contributed by atoms with Crippen molar-refractivity contribution in [1.82, 2.24) is 0 Å². The highest BCUT2D eigenvalue weighted by Crippen LogP contribution is 2.38. The van der Waals surface area contributed by atoms with Gasteiger partial charge in [-0.25, -0.2) is 0 Å². The molecule has 0 heterocycles. The Kier molecular flexibility index (Phi) is 33.4. The number of allylic oxidation sites excluding steroid dienone is 8. The van der Waals surface area contributed by atoms with Crippen LogP contribution in [-0.4, -0.2) is 70.0 Å². The first-order chi connectivity index (χ1) is 25.0. The van der Waals surface area contributed by atoms with Gasteiger partial charge in [0.15, 0.2) is 6.10 Å². The number of esters is 2. The molecule has 0 aliphatic rings. The molecule has 52 heavy (non-hydrogen) atoms. The first-order valence-electron chi connectivity index (χ1n) is 20.4. The molecule has 0 aromatic rings. The van der Waals surface area contributed by atoms with E-state index < -0.39 is 32.5 Å². The summed E-state index contributed by atoms with van der Waals surface area (Å²) in [6.07, 6.45) is 38.5. The van der Waals surface area contributed by atoms with Gasteiger partial charge >= 0.3 is 11.9 Å². The number of phosphoric acid groups is 1.